The Morgan fingerprint density at radius 3 is 2.63 bits per heavy atom. The van der Waals surface area contributed by atoms with Crippen LogP contribution < -0.4 is 5.32 Å². The normalized spacial score (nSPS) is 25.1. The summed E-state index contributed by atoms with van der Waals surface area (Å²) in [5.41, 5.74) is 0.0887. The molecular formula is C20H29N4O6+. The number of hydrogen-bond donors (Lipinski definition) is 2. The number of nitrogens with zero attached hydrogens (tertiary/aromatic N) is 3. The Hall–Kier alpha value is -2.59. The first-order valence-corrected chi connectivity index (χ1v) is 10.5. The molecule has 0 spiro atoms. The average molecular weight is 421 g/mol. The molecule has 1 unspecified atom stereocenters. The van der Waals surface area contributed by atoms with E-state index in [0.29, 0.717) is 30.2 Å². The topological polar surface area (TPSA) is 130 Å². The number of imide groups is 2. The lowest BCUT2D eigenvalue weighted by atomic mass is 9.91. The largest absolute Gasteiger partial charge is 0.431 e. The summed E-state index contributed by atoms with van der Waals surface area (Å²) < 4.78 is 4.13. The van der Waals surface area contributed by atoms with Gasteiger partial charge >= 0.3 is 11.9 Å². The van der Waals surface area contributed by atoms with Crippen LogP contribution >= 0.6 is 0 Å². The number of aromatic nitrogens is 1. The van der Waals surface area contributed by atoms with Crippen molar-refractivity contribution in [2.24, 2.45) is 11.8 Å². The van der Waals surface area contributed by atoms with E-state index in [4.69, 9.17) is 0 Å². The van der Waals surface area contributed by atoms with Crippen molar-refractivity contribution in [3.63, 3.8) is 0 Å². The molecule has 1 aliphatic carbocycles. The van der Waals surface area contributed by atoms with Gasteiger partial charge in [-0.25, -0.2) is 20.0 Å². The SMILES string of the molecule is C[C@@H]1CCC[N+]1(C(=O)NC(=O)c1cnoc1)C(=O)[C@H](CC1CCCC1)CN(O)C=O. The Bertz CT molecular complexity index is 776. The van der Waals surface area contributed by atoms with Gasteiger partial charge in [0.2, 0.25) is 6.41 Å². The van der Waals surface area contributed by atoms with E-state index in [-0.39, 0.29) is 37.0 Å². The fourth-order valence-corrected chi connectivity index (χ4v) is 4.89. The predicted octanol–water partition coefficient (Wildman–Crippen LogP) is 2.09. The molecule has 10 nitrogen and oxygen atoms in total. The van der Waals surface area contributed by atoms with E-state index in [0.717, 1.165) is 31.9 Å². The van der Waals surface area contributed by atoms with E-state index in [1.54, 1.807) is 0 Å². The summed E-state index contributed by atoms with van der Waals surface area (Å²) in [6, 6.07) is -1.01. The molecule has 5 amide bonds. The number of carbonyl (C=O) groups is 4. The van der Waals surface area contributed by atoms with Gasteiger partial charge in [0, 0.05) is 12.8 Å². The maximum absolute atomic E-state index is 13.7. The van der Waals surface area contributed by atoms with Crippen LogP contribution in [-0.2, 0) is 9.59 Å². The van der Waals surface area contributed by atoms with Crippen molar-refractivity contribution in [3.8, 4) is 0 Å². The molecule has 3 rings (SSSR count). The van der Waals surface area contributed by atoms with Crippen LogP contribution in [0.25, 0.3) is 0 Å². The average Bonchev–Trinajstić information content (AvgIpc) is 3.49. The summed E-state index contributed by atoms with van der Waals surface area (Å²) in [6.07, 6.45) is 8.57. The van der Waals surface area contributed by atoms with Crippen LogP contribution in [0.15, 0.2) is 17.0 Å². The van der Waals surface area contributed by atoms with Crippen molar-refractivity contribution < 1.29 is 33.4 Å². The summed E-state index contributed by atoms with van der Waals surface area (Å²) >= 11 is 0. The highest BCUT2D eigenvalue weighted by Gasteiger charge is 2.55. The highest BCUT2D eigenvalue weighted by molar-refractivity contribution is 6.04. The zero-order valence-electron chi connectivity index (χ0n) is 17.2. The summed E-state index contributed by atoms with van der Waals surface area (Å²) in [7, 11) is 0. The number of urea groups is 1. The molecule has 2 fully saturated rings. The van der Waals surface area contributed by atoms with Crippen LogP contribution in [0.1, 0.15) is 62.2 Å². The van der Waals surface area contributed by atoms with E-state index < -0.39 is 22.3 Å². The molecule has 1 saturated heterocycles. The third kappa shape index (κ3) is 4.44. The maximum Gasteiger partial charge on any atom is 0.431 e. The Morgan fingerprint density at radius 2 is 2.07 bits per heavy atom. The molecule has 2 aliphatic rings. The van der Waals surface area contributed by atoms with Crippen LogP contribution in [0.3, 0.4) is 0 Å². The molecule has 10 heteroatoms. The van der Waals surface area contributed by atoms with Gasteiger partial charge in [-0.1, -0.05) is 30.8 Å². The van der Waals surface area contributed by atoms with Crippen molar-refractivity contribution in [3.05, 3.63) is 18.0 Å². The number of nitrogens with one attached hydrogen (secondary N) is 1. The Kier molecular flexibility index (Phi) is 6.99. The minimum Gasteiger partial charge on any atom is -0.364 e. The Labute approximate surface area is 174 Å². The number of carbonyl (C=O) groups excluding carboxylic acids is 4. The van der Waals surface area contributed by atoms with E-state index in [1.807, 2.05) is 6.92 Å². The Balaban J connectivity index is 1.85. The third-order valence-corrected chi connectivity index (χ3v) is 6.53. The number of amides is 5. The molecule has 0 bridgehead atoms. The second-order valence-electron chi connectivity index (χ2n) is 8.40. The molecule has 164 valence electrons. The van der Waals surface area contributed by atoms with E-state index in [1.165, 1.54) is 6.20 Å². The first-order chi connectivity index (χ1) is 14.4. The molecule has 1 saturated carbocycles. The van der Waals surface area contributed by atoms with E-state index >= 15 is 0 Å². The van der Waals surface area contributed by atoms with Crippen molar-refractivity contribution in [2.45, 2.75) is 57.9 Å². The van der Waals surface area contributed by atoms with Crippen molar-refractivity contribution in [2.75, 3.05) is 13.1 Å². The fraction of sp³-hybridized carbons (Fsp3) is 0.650. The number of quaternary nitrogens is 1. The fourth-order valence-electron chi connectivity index (χ4n) is 4.89. The molecule has 3 atom stereocenters. The van der Waals surface area contributed by atoms with Gasteiger partial charge in [-0.15, -0.1) is 0 Å². The number of rotatable bonds is 7. The minimum atomic E-state index is -0.694. The van der Waals surface area contributed by atoms with Crippen LogP contribution in [-0.4, -0.2) is 63.3 Å². The molecule has 2 heterocycles. The van der Waals surface area contributed by atoms with Gasteiger partial charge in [0.05, 0.1) is 30.8 Å². The first-order valence-electron chi connectivity index (χ1n) is 10.5. The lowest BCUT2D eigenvalue weighted by Crippen LogP contribution is -2.65. The third-order valence-electron chi connectivity index (χ3n) is 6.53. The predicted molar refractivity (Wildman–Crippen MR) is 103 cm³/mol. The molecule has 1 aliphatic heterocycles. The lowest BCUT2D eigenvalue weighted by Gasteiger charge is -2.36. The Morgan fingerprint density at radius 1 is 1.33 bits per heavy atom. The molecule has 1 aromatic heterocycles. The van der Waals surface area contributed by atoms with E-state index in [2.05, 4.69) is 15.0 Å². The molecule has 30 heavy (non-hydrogen) atoms. The molecule has 2 N–H and O–H groups in total. The van der Waals surface area contributed by atoms with Crippen molar-refractivity contribution in [1.82, 2.24) is 15.5 Å². The van der Waals surface area contributed by atoms with E-state index in [9.17, 15) is 24.4 Å². The van der Waals surface area contributed by atoms with Crippen LogP contribution in [0.4, 0.5) is 4.79 Å². The van der Waals surface area contributed by atoms with Gasteiger partial charge in [-0.05, 0) is 19.3 Å². The van der Waals surface area contributed by atoms with Crippen LogP contribution in [0.5, 0.6) is 0 Å². The summed E-state index contributed by atoms with van der Waals surface area (Å²) in [4.78, 5) is 50.4. The number of likely N-dealkylation sites (tertiary alicyclic amines) is 1. The second-order valence-corrected chi connectivity index (χ2v) is 8.40. The summed E-state index contributed by atoms with van der Waals surface area (Å²) in [5, 5.41) is 16.0. The van der Waals surface area contributed by atoms with Crippen molar-refractivity contribution in [1.29, 1.82) is 0 Å². The standard InChI is InChI=1S/C20H28N4O6/c1-14-5-4-8-24(14,20(28)22-18(26)17-10-21-30-12-17)19(27)16(11-23(29)13-25)9-15-6-2-3-7-15/h10,12-16,29H,2-9,11H2,1H3/p+1/t14-,16-,24?/m1/s1. The van der Waals surface area contributed by atoms with Crippen molar-refractivity contribution >= 4 is 24.3 Å². The second kappa shape index (κ2) is 9.48. The smallest absolute Gasteiger partial charge is 0.364 e. The molecular weight excluding hydrogens is 392 g/mol. The van der Waals surface area contributed by atoms with Gasteiger partial charge in [0.1, 0.15) is 12.3 Å². The van der Waals surface area contributed by atoms with Gasteiger partial charge in [-0.2, -0.15) is 4.48 Å². The zero-order valence-corrected chi connectivity index (χ0v) is 17.2. The van der Waals surface area contributed by atoms with Gasteiger partial charge in [0.25, 0.3) is 5.91 Å². The molecule has 1 aromatic rings. The summed E-state index contributed by atoms with van der Waals surface area (Å²) in [5.74, 6) is -1.42. The summed E-state index contributed by atoms with van der Waals surface area (Å²) in [6.45, 7) is 1.92. The maximum atomic E-state index is 13.7. The monoisotopic (exact) mass is 421 g/mol. The first kappa shape index (κ1) is 22.1. The number of hydrogen-bond acceptors (Lipinski definition) is 7. The quantitative estimate of drug-likeness (QED) is 0.298. The van der Waals surface area contributed by atoms with Crippen LogP contribution in [0, 0.1) is 11.8 Å². The van der Waals surface area contributed by atoms with Crippen LogP contribution in [0.2, 0.25) is 0 Å². The molecule has 0 radical (unpaired) electrons. The van der Waals surface area contributed by atoms with Gasteiger partial charge in [0.15, 0.2) is 0 Å². The molecule has 0 aromatic carbocycles. The highest BCUT2D eigenvalue weighted by Crippen LogP contribution is 2.35. The lowest BCUT2D eigenvalue weighted by molar-refractivity contribution is -0.786. The minimum absolute atomic E-state index is 0.0887. The number of hydroxylamine groups is 2. The van der Waals surface area contributed by atoms with Gasteiger partial charge in [-0.3, -0.25) is 14.8 Å². The zero-order chi connectivity index (χ0) is 21.7. The van der Waals surface area contributed by atoms with Gasteiger partial charge < -0.3 is 4.52 Å². The highest BCUT2D eigenvalue weighted by atomic mass is 16.5.